The Kier molecular flexibility index (Phi) is 7.21. The highest BCUT2D eigenvalue weighted by atomic mass is 35.5. The van der Waals surface area contributed by atoms with E-state index in [1.165, 1.54) is 0 Å². The maximum absolute atomic E-state index is 13.2. The summed E-state index contributed by atoms with van der Waals surface area (Å²) >= 11 is 12.3. The molecule has 0 fully saturated rings. The first-order chi connectivity index (χ1) is 14.8. The van der Waals surface area contributed by atoms with Crippen LogP contribution in [-0.4, -0.2) is 12.1 Å². The van der Waals surface area contributed by atoms with E-state index in [4.69, 9.17) is 23.2 Å². The van der Waals surface area contributed by atoms with Crippen molar-refractivity contribution in [3.8, 4) is 0 Å². The number of carbonyl (C=O) groups is 2. The molecule has 0 aliphatic rings. The van der Waals surface area contributed by atoms with E-state index in [1.54, 1.807) is 42.5 Å². The summed E-state index contributed by atoms with van der Waals surface area (Å²) in [5.74, 6) is 0. The van der Waals surface area contributed by atoms with Gasteiger partial charge >= 0.3 is 12.1 Å². The molecule has 0 aliphatic carbocycles. The third kappa shape index (κ3) is 6.00. The molecule has 0 unspecified atom stereocenters. The van der Waals surface area contributed by atoms with Crippen LogP contribution in [0.4, 0.5) is 15.3 Å². The summed E-state index contributed by atoms with van der Waals surface area (Å²) in [7, 11) is 0. The highest BCUT2D eigenvalue weighted by Crippen LogP contribution is 2.28. The van der Waals surface area contributed by atoms with Crippen LogP contribution in [-0.2, 0) is 12.1 Å². The second kappa shape index (κ2) is 9.86. The molecule has 31 heavy (non-hydrogen) atoms. The molecule has 0 radical (unpaired) electrons. The van der Waals surface area contributed by atoms with Crippen molar-refractivity contribution in [2.75, 3.05) is 4.90 Å². The Hall–Kier alpha value is -3.02. The van der Waals surface area contributed by atoms with Gasteiger partial charge < -0.3 is 10.6 Å². The third-order valence-corrected chi connectivity index (χ3v) is 5.15. The van der Waals surface area contributed by atoms with Crippen molar-refractivity contribution in [1.29, 1.82) is 0 Å². The van der Waals surface area contributed by atoms with Gasteiger partial charge in [-0.15, -0.1) is 0 Å². The van der Waals surface area contributed by atoms with Crippen LogP contribution in [0.1, 0.15) is 25.0 Å². The minimum Gasteiger partial charge on any atom is -0.333 e. The van der Waals surface area contributed by atoms with E-state index in [-0.39, 0.29) is 0 Å². The van der Waals surface area contributed by atoms with Crippen LogP contribution in [0.2, 0.25) is 10.0 Å². The number of urea groups is 2. The van der Waals surface area contributed by atoms with Gasteiger partial charge in [0.15, 0.2) is 0 Å². The van der Waals surface area contributed by atoms with Gasteiger partial charge in [0.2, 0.25) is 0 Å². The van der Waals surface area contributed by atoms with Crippen molar-refractivity contribution in [1.82, 2.24) is 10.6 Å². The Morgan fingerprint density at radius 3 is 1.97 bits per heavy atom. The lowest BCUT2D eigenvalue weighted by molar-refractivity contribution is 0.227. The number of benzene rings is 3. The van der Waals surface area contributed by atoms with Gasteiger partial charge in [0.25, 0.3) is 0 Å². The zero-order chi connectivity index (χ0) is 22.4. The minimum absolute atomic E-state index is 0.295. The zero-order valence-electron chi connectivity index (χ0n) is 17.2. The number of hydrogen-bond acceptors (Lipinski definition) is 2. The fraction of sp³-hybridized carbons (Fsp3) is 0.167. The molecule has 0 aliphatic heterocycles. The Labute approximate surface area is 192 Å². The summed E-state index contributed by atoms with van der Waals surface area (Å²) < 4.78 is 0. The lowest BCUT2D eigenvalue weighted by Gasteiger charge is -2.31. The highest BCUT2D eigenvalue weighted by Gasteiger charge is 2.30. The Bertz CT molecular complexity index is 1040. The number of nitrogens with one attached hydrogen (secondary N) is 2. The third-order valence-electron chi connectivity index (χ3n) is 4.71. The summed E-state index contributed by atoms with van der Waals surface area (Å²) in [6.45, 7) is 3.93. The predicted molar refractivity (Wildman–Crippen MR) is 126 cm³/mol. The van der Waals surface area contributed by atoms with Gasteiger partial charge in [-0.3, -0.25) is 0 Å². The van der Waals surface area contributed by atoms with E-state index in [2.05, 4.69) is 10.6 Å². The molecule has 4 amide bonds. The molecule has 7 heteroatoms. The van der Waals surface area contributed by atoms with Crippen LogP contribution in [0, 0.1) is 0 Å². The average molecular weight is 456 g/mol. The number of amides is 4. The molecule has 0 spiro atoms. The maximum atomic E-state index is 13.2. The van der Waals surface area contributed by atoms with Crippen molar-refractivity contribution in [3.05, 3.63) is 100 Å². The van der Waals surface area contributed by atoms with Crippen molar-refractivity contribution in [3.63, 3.8) is 0 Å². The number of halogens is 2. The van der Waals surface area contributed by atoms with Gasteiger partial charge in [-0.1, -0.05) is 71.7 Å². The Balaban J connectivity index is 1.83. The molecule has 3 aromatic rings. The van der Waals surface area contributed by atoms with Gasteiger partial charge in [0.05, 0.1) is 11.2 Å². The van der Waals surface area contributed by atoms with Gasteiger partial charge in [-0.05, 0) is 55.3 Å². The molecule has 5 nitrogen and oxygen atoms in total. The predicted octanol–water partition coefficient (Wildman–Crippen LogP) is 6.35. The molecule has 0 saturated carbocycles. The fourth-order valence-corrected chi connectivity index (χ4v) is 3.59. The minimum atomic E-state index is -0.835. The standard InChI is InChI=1S/C24H23Cl2N3O2/c1-24(2,18-13-19(25)15-20(26)14-18)28-23(31)29(21-11-7-4-8-12-21)22(30)27-16-17-9-5-3-6-10-17/h3-15H,16H2,1-2H3,(H,27,30)(H,28,31). The van der Waals surface area contributed by atoms with E-state index < -0.39 is 17.6 Å². The van der Waals surface area contributed by atoms with Gasteiger partial charge in [0.1, 0.15) is 0 Å². The zero-order valence-corrected chi connectivity index (χ0v) is 18.7. The van der Waals surface area contributed by atoms with Crippen LogP contribution in [0.5, 0.6) is 0 Å². The fourth-order valence-electron chi connectivity index (χ4n) is 3.07. The number of anilines is 1. The summed E-state index contributed by atoms with van der Waals surface area (Å²) in [5.41, 5.74) is 1.26. The summed E-state index contributed by atoms with van der Waals surface area (Å²) in [6.07, 6.45) is 0. The number of nitrogens with zero attached hydrogens (tertiary/aromatic N) is 1. The molecule has 3 rings (SSSR count). The summed E-state index contributed by atoms with van der Waals surface area (Å²) in [6, 6.07) is 22.2. The number of hydrogen-bond donors (Lipinski definition) is 2. The SMILES string of the molecule is CC(C)(NC(=O)N(C(=O)NCc1ccccc1)c1ccccc1)c1cc(Cl)cc(Cl)c1. The lowest BCUT2D eigenvalue weighted by Crippen LogP contribution is -2.53. The molecule has 2 N–H and O–H groups in total. The highest BCUT2D eigenvalue weighted by molar-refractivity contribution is 6.34. The van der Waals surface area contributed by atoms with Crippen molar-refractivity contribution < 1.29 is 9.59 Å². The van der Waals surface area contributed by atoms with Crippen LogP contribution in [0.25, 0.3) is 0 Å². The monoisotopic (exact) mass is 455 g/mol. The second-order valence-corrected chi connectivity index (χ2v) is 8.40. The summed E-state index contributed by atoms with van der Waals surface area (Å²) in [5, 5.41) is 6.65. The first-order valence-electron chi connectivity index (χ1n) is 9.72. The first kappa shape index (κ1) is 22.7. The van der Waals surface area contributed by atoms with Crippen molar-refractivity contribution >= 4 is 41.0 Å². The normalized spacial score (nSPS) is 11.0. The van der Waals surface area contributed by atoms with E-state index >= 15 is 0 Å². The molecule has 0 saturated heterocycles. The van der Waals surface area contributed by atoms with Gasteiger partial charge in [0, 0.05) is 16.6 Å². The molecule has 0 aromatic heterocycles. The van der Waals surface area contributed by atoms with Crippen LogP contribution >= 0.6 is 23.2 Å². The van der Waals surface area contributed by atoms with E-state index in [9.17, 15) is 9.59 Å². The van der Waals surface area contributed by atoms with Crippen LogP contribution < -0.4 is 15.5 Å². The second-order valence-electron chi connectivity index (χ2n) is 7.53. The first-order valence-corrected chi connectivity index (χ1v) is 10.5. The van der Waals surface area contributed by atoms with Crippen molar-refractivity contribution in [2.24, 2.45) is 0 Å². The number of rotatable bonds is 5. The Morgan fingerprint density at radius 1 is 0.839 bits per heavy atom. The number of carbonyl (C=O) groups excluding carboxylic acids is 2. The molecule has 0 heterocycles. The smallest absolute Gasteiger partial charge is 0.330 e. The maximum Gasteiger partial charge on any atom is 0.330 e. The molecular formula is C24H23Cl2N3O2. The van der Waals surface area contributed by atoms with E-state index in [0.29, 0.717) is 22.3 Å². The Morgan fingerprint density at radius 2 is 1.39 bits per heavy atom. The largest absolute Gasteiger partial charge is 0.333 e. The van der Waals surface area contributed by atoms with Crippen LogP contribution in [0.3, 0.4) is 0 Å². The topological polar surface area (TPSA) is 61.4 Å². The molecule has 3 aromatic carbocycles. The molecule has 0 atom stereocenters. The van der Waals surface area contributed by atoms with E-state index in [1.807, 2.05) is 50.2 Å². The van der Waals surface area contributed by atoms with Gasteiger partial charge in [-0.2, -0.15) is 0 Å². The number of para-hydroxylation sites is 1. The van der Waals surface area contributed by atoms with E-state index in [0.717, 1.165) is 16.0 Å². The van der Waals surface area contributed by atoms with Gasteiger partial charge in [-0.25, -0.2) is 14.5 Å². The summed E-state index contributed by atoms with van der Waals surface area (Å²) in [4.78, 5) is 27.3. The molecular weight excluding hydrogens is 433 g/mol. The number of imide groups is 1. The lowest BCUT2D eigenvalue weighted by atomic mass is 9.94. The van der Waals surface area contributed by atoms with Crippen LogP contribution in [0.15, 0.2) is 78.9 Å². The van der Waals surface area contributed by atoms with Crippen molar-refractivity contribution in [2.45, 2.75) is 25.9 Å². The average Bonchev–Trinajstić information content (AvgIpc) is 2.73. The molecule has 160 valence electrons. The quantitative estimate of drug-likeness (QED) is 0.470. The molecule has 0 bridgehead atoms.